The van der Waals surface area contributed by atoms with Crippen molar-refractivity contribution in [1.29, 1.82) is 0 Å². The van der Waals surface area contributed by atoms with E-state index in [2.05, 4.69) is 15.9 Å². The van der Waals surface area contributed by atoms with Crippen LogP contribution in [-0.4, -0.2) is 0 Å². The van der Waals surface area contributed by atoms with Crippen molar-refractivity contribution >= 4 is 15.9 Å². The highest BCUT2D eigenvalue weighted by molar-refractivity contribution is 9.10. The maximum Gasteiger partial charge on any atom is 0.124 e. The minimum absolute atomic E-state index is 0.00178. The van der Waals surface area contributed by atoms with Crippen LogP contribution in [0.2, 0.25) is 0 Å². The van der Waals surface area contributed by atoms with Crippen LogP contribution < -0.4 is 10.5 Å². The van der Waals surface area contributed by atoms with Crippen LogP contribution in [-0.2, 0) is 6.61 Å². The van der Waals surface area contributed by atoms with Crippen molar-refractivity contribution in [1.82, 2.24) is 0 Å². The minimum atomic E-state index is -0.276. The van der Waals surface area contributed by atoms with Gasteiger partial charge in [-0.15, -0.1) is 0 Å². The fraction of sp³-hybridized carbons (Fsp3) is 0.250. The van der Waals surface area contributed by atoms with Crippen molar-refractivity contribution < 1.29 is 9.13 Å². The van der Waals surface area contributed by atoms with E-state index in [1.54, 1.807) is 0 Å². The minimum Gasteiger partial charge on any atom is -0.489 e. The lowest BCUT2D eigenvalue weighted by Gasteiger charge is -2.12. The molecule has 0 heterocycles. The smallest absolute Gasteiger partial charge is 0.124 e. The van der Waals surface area contributed by atoms with E-state index in [1.165, 1.54) is 12.1 Å². The van der Waals surface area contributed by atoms with E-state index in [1.807, 2.05) is 38.1 Å². The average molecular weight is 338 g/mol. The molecule has 1 unspecified atom stereocenters. The van der Waals surface area contributed by atoms with Gasteiger partial charge in [-0.2, -0.15) is 0 Å². The molecule has 0 aliphatic carbocycles. The van der Waals surface area contributed by atoms with Crippen LogP contribution in [0.1, 0.15) is 29.7 Å². The molecule has 4 heteroatoms. The molecule has 0 fully saturated rings. The molecule has 20 heavy (non-hydrogen) atoms. The van der Waals surface area contributed by atoms with Gasteiger partial charge in [-0.25, -0.2) is 4.39 Å². The SMILES string of the molecule is Cc1cc(C(C)N)ccc1OCc1cc(F)cc(Br)c1. The zero-order valence-electron chi connectivity index (χ0n) is 11.5. The highest BCUT2D eigenvalue weighted by Crippen LogP contribution is 2.23. The van der Waals surface area contributed by atoms with E-state index in [9.17, 15) is 4.39 Å². The van der Waals surface area contributed by atoms with Gasteiger partial charge in [0.1, 0.15) is 18.2 Å². The standard InChI is InChI=1S/C16H17BrFNO/c1-10-5-13(11(2)19)3-4-16(10)20-9-12-6-14(17)8-15(18)7-12/h3-8,11H,9,19H2,1-2H3. The number of aryl methyl sites for hydroxylation is 1. The van der Waals surface area contributed by atoms with Crippen molar-refractivity contribution in [2.75, 3.05) is 0 Å². The van der Waals surface area contributed by atoms with Crippen LogP contribution in [0, 0.1) is 12.7 Å². The molecule has 2 N–H and O–H groups in total. The van der Waals surface area contributed by atoms with Crippen molar-refractivity contribution in [3.8, 4) is 5.75 Å². The molecule has 2 aromatic carbocycles. The summed E-state index contributed by atoms with van der Waals surface area (Å²) in [5.41, 5.74) is 8.72. The Balaban J connectivity index is 2.11. The second-order valence-corrected chi connectivity index (χ2v) is 5.80. The normalized spacial score (nSPS) is 12.2. The van der Waals surface area contributed by atoms with Crippen LogP contribution in [0.3, 0.4) is 0 Å². The zero-order chi connectivity index (χ0) is 14.7. The molecule has 0 saturated heterocycles. The molecule has 106 valence electrons. The number of rotatable bonds is 4. The molecule has 0 saturated carbocycles. The monoisotopic (exact) mass is 337 g/mol. The topological polar surface area (TPSA) is 35.2 Å². The molecule has 1 atom stereocenters. The Hall–Kier alpha value is -1.39. The van der Waals surface area contributed by atoms with E-state index >= 15 is 0 Å². The van der Waals surface area contributed by atoms with Gasteiger partial charge in [-0.05, 0) is 54.8 Å². The first-order chi connectivity index (χ1) is 9.45. The second-order valence-electron chi connectivity index (χ2n) is 4.88. The number of halogens is 2. The number of ether oxygens (including phenoxy) is 1. The fourth-order valence-electron chi connectivity index (χ4n) is 1.97. The first-order valence-corrected chi connectivity index (χ1v) is 7.19. The van der Waals surface area contributed by atoms with E-state index in [4.69, 9.17) is 10.5 Å². The maximum atomic E-state index is 13.3. The van der Waals surface area contributed by atoms with Crippen LogP contribution in [0.5, 0.6) is 5.75 Å². The third-order valence-corrected chi connectivity index (χ3v) is 3.50. The Kier molecular flexibility index (Phi) is 4.78. The van der Waals surface area contributed by atoms with Gasteiger partial charge in [-0.3, -0.25) is 0 Å². The van der Waals surface area contributed by atoms with Crippen LogP contribution in [0.15, 0.2) is 40.9 Å². The molecule has 2 nitrogen and oxygen atoms in total. The van der Waals surface area contributed by atoms with Gasteiger partial charge in [0.15, 0.2) is 0 Å². The van der Waals surface area contributed by atoms with E-state index in [0.29, 0.717) is 11.1 Å². The number of hydrogen-bond donors (Lipinski definition) is 1. The summed E-state index contributed by atoms with van der Waals surface area (Å²) in [6.45, 7) is 4.25. The van der Waals surface area contributed by atoms with Gasteiger partial charge in [0.25, 0.3) is 0 Å². The lowest BCUT2D eigenvalue weighted by molar-refractivity contribution is 0.303. The highest BCUT2D eigenvalue weighted by atomic mass is 79.9. The van der Waals surface area contributed by atoms with Gasteiger partial charge in [-0.1, -0.05) is 28.1 Å². The number of hydrogen-bond acceptors (Lipinski definition) is 2. The summed E-state index contributed by atoms with van der Waals surface area (Å²) in [6.07, 6.45) is 0. The van der Waals surface area contributed by atoms with Crippen LogP contribution in [0.25, 0.3) is 0 Å². The molecule has 0 amide bonds. The summed E-state index contributed by atoms with van der Waals surface area (Å²) >= 11 is 3.27. The quantitative estimate of drug-likeness (QED) is 0.891. The molecule has 0 bridgehead atoms. The summed E-state index contributed by atoms with van der Waals surface area (Å²) in [5, 5.41) is 0. The molecule has 0 aliphatic rings. The van der Waals surface area contributed by atoms with Crippen molar-refractivity contribution in [2.24, 2.45) is 5.73 Å². The molecule has 2 rings (SSSR count). The Morgan fingerprint density at radius 1 is 1.25 bits per heavy atom. The van der Waals surface area contributed by atoms with Crippen molar-refractivity contribution in [3.05, 3.63) is 63.4 Å². The predicted molar refractivity (Wildman–Crippen MR) is 82.2 cm³/mol. The lowest BCUT2D eigenvalue weighted by Crippen LogP contribution is -2.05. The van der Waals surface area contributed by atoms with Crippen LogP contribution in [0.4, 0.5) is 4.39 Å². The second kappa shape index (κ2) is 6.37. The predicted octanol–water partition coefficient (Wildman–Crippen LogP) is 4.50. The third kappa shape index (κ3) is 3.81. The van der Waals surface area contributed by atoms with Gasteiger partial charge in [0, 0.05) is 10.5 Å². The summed E-state index contributed by atoms with van der Waals surface area (Å²) in [7, 11) is 0. The summed E-state index contributed by atoms with van der Waals surface area (Å²) in [6, 6.07) is 10.6. The van der Waals surface area contributed by atoms with E-state index in [0.717, 1.165) is 22.4 Å². The molecular weight excluding hydrogens is 321 g/mol. The zero-order valence-corrected chi connectivity index (χ0v) is 13.1. The molecule has 2 aromatic rings. The molecular formula is C16H17BrFNO. The van der Waals surface area contributed by atoms with Crippen molar-refractivity contribution in [3.63, 3.8) is 0 Å². The Bertz CT molecular complexity index is 593. The molecule has 0 aliphatic heterocycles. The van der Waals surface area contributed by atoms with Gasteiger partial charge in [0.05, 0.1) is 0 Å². The maximum absolute atomic E-state index is 13.3. The Morgan fingerprint density at radius 2 is 2.00 bits per heavy atom. The van der Waals surface area contributed by atoms with Crippen molar-refractivity contribution in [2.45, 2.75) is 26.5 Å². The van der Waals surface area contributed by atoms with Gasteiger partial charge >= 0.3 is 0 Å². The summed E-state index contributed by atoms with van der Waals surface area (Å²) < 4.78 is 19.7. The Labute approximate surface area is 126 Å². The largest absolute Gasteiger partial charge is 0.489 e. The summed E-state index contributed by atoms with van der Waals surface area (Å²) in [5.74, 6) is 0.511. The average Bonchev–Trinajstić information content (AvgIpc) is 2.36. The lowest BCUT2D eigenvalue weighted by atomic mass is 10.1. The fourth-order valence-corrected chi connectivity index (χ4v) is 2.49. The number of nitrogens with two attached hydrogens (primary N) is 1. The Morgan fingerprint density at radius 3 is 2.60 bits per heavy atom. The molecule has 0 radical (unpaired) electrons. The number of benzene rings is 2. The molecule has 0 spiro atoms. The summed E-state index contributed by atoms with van der Waals surface area (Å²) in [4.78, 5) is 0. The third-order valence-electron chi connectivity index (χ3n) is 3.04. The van der Waals surface area contributed by atoms with E-state index in [-0.39, 0.29) is 11.9 Å². The first kappa shape index (κ1) is 15.0. The van der Waals surface area contributed by atoms with E-state index < -0.39 is 0 Å². The van der Waals surface area contributed by atoms with Gasteiger partial charge in [0.2, 0.25) is 0 Å². The highest BCUT2D eigenvalue weighted by Gasteiger charge is 2.06. The van der Waals surface area contributed by atoms with Crippen LogP contribution >= 0.6 is 15.9 Å². The van der Waals surface area contributed by atoms with Gasteiger partial charge < -0.3 is 10.5 Å². The molecule has 0 aromatic heterocycles. The first-order valence-electron chi connectivity index (χ1n) is 6.39.